The maximum absolute atomic E-state index is 11.8. The van der Waals surface area contributed by atoms with Crippen molar-refractivity contribution in [2.75, 3.05) is 0 Å². The van der Waals surface area contributed by atoms with E-state index in [2.05, 4.69) is 10.2 Å². The summed E-state index contributed by atoms with van der Waals surface area (Å²) in [6, 6.07) is 12.5. The summed E-state index contributed by atoms with van der Waals surface area (Å²) >= 11 is 11.8. The molecule has 3 nitrogen and oxygen atoms in total. The maximum Gasteiger partial charge on any atom is 0.272 e. The Morgan fingerprint density at radius 1 is 0.895 bits per heavy atom. The van der Waals surface area contributed by atoms with Crippen LogP contribution in [0.25, 0.3) is 22.0 Å². The molecule has 0 unspecified atom stereocenters. The number of H-pyrrole nitrogens is 1. The molecule has 1 heterocycles. The van der Waals surface area contributed by atoms with E-state index in [1.165, 1.54) is 0 Å². The number of halogens is 2. The van der Waals surface area contributed by atoms with Gasteiger partial charge in [0, 0.05) is 21.0 Å². The average molecular weight is 291 g/mol. The van der Waals surface area contributed by atoms with Gasteiger partial charge in [0.25, 0.3) is 5.56 Å². The van der Waals surface area contributed by atoms with Crippen LogP contribution in [-0.4, -0.2) is 10.2 Å². The number of nitrogens with one attached hydrogen (secondary N) is 1. The molecule has 3 rings (SSSR count). The second-order valence-electron chi connectivity index (χ2n) is 4.10. The van der Waals surface area contributed by atoms with Crippen molar-refractivity contribution in [3.8, 4) is 11.3 Å². The first-order chi connectivity index (χ1) is 9.15. The van der Waals surface area contributed by atoms with E-state index in [9.17, 15) is 4.79 Å². The Labute approximate surface area is 118 Å². The summed E-state index contributed by atoms with van der Waals surface area (Å²) in [5.41, 5.74) is 1.33. The molecular formula is C14H8Cl2N2O. The first kappa shape index (κ1) is 12.2. The molecule has 0 spiro atoms. The van der Waals surface area contributed by atoms with Gasteiger partial charge in [-0.05, 0) is 24.3 Å². The third-order valence-electron chi connectivity index (χ3n) is 2.87. The van der Waals surface area contributed by atoms with Crippen LogP contribution in [0, 0.1) is 0 Å². The van der Waals surface area contributed by atoms with Crippen LogP contribution in [0.1, 0.15) is 0 Å². The Morgan fingerprint density at radius 2 is 1.58 bits per heavy atom. The molecule has 0 fully saturated rings. The number of nitrogens with zero attached hydrogens (tertiary/aromatic N) is 1. The summed E-state index contributed by atoms with van der Waals surface area (Å²) < 4.78 is 0. The van der Waals surface area contributed by atoms with Crippen LogP contribution in [0.15, 0.2) is 47.3 Å². The first-order valence-corrected chi connectivity index (χ1v) is 6.34. The molecule has 0 aliphatic heterocycles. The molecule has 0 amide bonds. The smallest absolute Gasteiger partial charge is 0.267 e. The van der Waals surface area contributed by atoms with E-state index in [4.69, 9.17) is 23.2 Å². The summed E-state index contributed by atoms with van der Waals surface area (Å²) in [5, 5.41) is 9.05. The van der Waals surface area contributed by atoms with Gasteiger partial charge in [-0.25, -0.2) is 5.10 Å². The van der Waals surface area contributed by atoms with E-state index in [0.717, 1.165) is 10.9 Å². The minimum absolute atomic E-state index is 0.254. The van der Waals surface area contributed by atoms with E-state index in [1.807, 2.05) is 12.1 Å². The van der Waals surface area contributed by atoms with E-state index in [0.29, 0.717) is 21.1 Å². The van der Waals surface area contributed by atoms with Crippen LogP contribution in [0.5, 0.6) is 0 Å². The zero-order chi connectivity index (χ0) is 13.4. The minimum atomic E-state index is -0.254. The highest BCUT2D eigenvalue weighted by Crippen LogP contribution is 2.26. The summed E-state index contributed by atoms with van der Waals surface area (Å²) in [5.74, 6) is 0. The normalized spacial score (nSPS) is 10.8. The highest BCUT2D eigenvalue weighted by molar-refractivity contribution is 6.31. The minimum Gasteiger partial charge on any atom is -0.267 e. The Bertz CT molecular complexity index is 810. The maximum atomic E-state index is 11.8. The van der Waals surface area contributed by atoms with Crippen molar-refractivity contribution in [3.63, 3.8) is 0 Å². The lowest BCUT2D eigenvalue weighted by Gasteiger charge is -2.05. The molecule has 94 valence electrons. The number of aromatic amines is 1. The van der Waals surface area contributed by atoms with Crippen molar-refractivity contribution < 1.29 is 0 Å². The van der Waals surface area contributed by atoms with Gasteiger partial charge in [0.05, 0.1) is 11.1 Å². The number of benzene rings is 2. The second-order valence-corrected chi connectivity index (χ2v) is 4.97. The Morgan fingerprint density at radius 3 is 2.32 bits per heavy atom. The predicted molar refractivity (Wildman–Crippen MR) is 77.8 cm³/mol. The monoisotopic (exact) mass is 290 g/mol. The van der Waals surface area contributed by atoms with Gasteiger partial charge < -0.3 is 0 Å². The first-order valence-electron chi connectivity index (χ1n) is 5.59. The molecule has 0 atom stereocenters. The molecule has 0 aliphatic carbocycles. The number of aromatic nitrogens is 2. The van der Waals surface area contributed by atoms with E-state index < -0.39 is 0 Å². The lowest BCUT2D eigenvalue weighted by atomic mass is 10.1. The third-order valence-corrected chi connectivity index (χ3v) is 3.36. The standard InChI is InChI=1S/C14H8Cl2N2O/c15-9-3-1-8(2-4-9)13-11-6-5-10(16)7-12(11)14(19)18-17-13/h1-7H,(H,18,19). The number of hydrogen-bond donors (Lipinski definition) is 1. The molecule has 0 radical (unpaired) electrons. The summed E-state index contributed by atoms with van der Waals surface area (Å²) in [6.45, 7) is 0. The van der Waals surface area contributed by atoms with Crippen LogP contribution in [-0.2, 0) is 0 Å². The van der Waals surface area contributed by atoms with E-state index >= 15 is 0 Å². The molecule has 19 heavy (non-hydrogen) atoms. The van der Waals surface area contributed by atoms with Crippen LogP contribution in [0.2, 0.25) is 10.0 Å². The van der Waals surface area contributed by atoms with Gasteiger partial charge in [-0.3, -0.25) is 4.79 Å². The Balaban J connectivity index is 2.33. The fourth-order valence-corrected chi connectivity index (χ4v) is 2.26. The van der Waals surface area contributed by atoms with Crippen molar-refractivity contribution in [2.24, 2.45) is 0 Å². The summed E-state index contributed by atoms with van der Waals surface area (Å²) in [6.07, 6.45) is 0. The molecule has 2 aromatic carbocycles. The van der Waals surface area contributed by atoms with E-state index in [-0.39, 0.29) is 5.56 Å². The van der Waals surface area contributed by atoms with Crippen molar-refractivity contribution in [1.29, 1.82) is 0 Å². The summed E-state index contributed by atoms with van der Waals surface area (Å²) in [7, 11) is 0. The molecule has 1 N–H and O–H groups in total. The zero-order valence-electron chi connectivity index (χ0n) is 9.65. The molecular weight excluding hydrogens is 283 g/mol. The van der Waals surface area contributed by atoms with Crippen LogP contribution < -0.4 is 5.56 Å². The predicted octanol–water partition coefficient (Wildman–Crippen LogP) is 3.90. The number of fused-ring (bicyclic) bond motifs is 1. The molecule has 0 saturated heterocycles. The van der Waals surface area contributed by atoms with E-state index in [1.54, 1.807) is 30.3 Å². The van der Waals surface area contributed by atoms with Gasteiger partial charge in [-0.2, -0.15) is 5.10 Å². The van der Waals surface area contributed by atoms with Gasteiger partial charge >= 0.3 is 0 Å². The quantitative estimate of drug-likeness (QED) is 0.739. The van der Waals surface area contributed by atoms with Crippen molar-refractivity contribution in [3.05, 3.63) is 62.9 Å². The van der Waals surface area contributed by atoms with Crippen molar-refractivity contribution in [2.45, 2.75) is 0 Å². The molecule has 3 aromatic rings. The third kappa shape index (κ3) is 2.23. The zero-order valence-corrected chi connectivity index (χ0v) is 11.2. The van der Waals surface area contributed by atoms with Crippen LogP contribution in [0.4, 0.5) is 0 Å². The van der Waals surface area contributed by atoms with Gasteiger partial charge in [0.15, 0.2) is 0 Å². The van der Waals surface area contributed by atoms with Gasteiger partial charge in [-0.15, -0.1) is 0 Å². The summed E-state index contributed by atoms with van der Waals surface area (Å²) in [4.78, 5) is 11.8. The molecule has 0 saturated carbocycles. The average Bonchev–Trinajstić information content (AvgIpc) is 2.41. The van der Waals surface area contributed by atoms with Gasteiger partial charge in [-0.1, -0.05) is 41.4 Å². The second kappa shape index (κ2) is 4.68. The van der Waals surface area contributed by atoms with Crippen molar-refractivity contribution >= 4 is 34.0 Å². The number of hydrogen-bond acceptors (Lipinski definition) is 2. The van der Waals surface area contributed by atoms with Gasteiger partial charge in [0.2, 0.25) is 0 Å². The Hall–Kier alpha value is -1.84. The van der Waals surface area contributed by atoms with Gasteiger partial charge in [0.1, 0.15) is 0 Å². The SMILES string of the molecule is O=c1[nH]nc(-c2ccc(Cl)cc2)c2ccc(Cl)cc12. The highest BCUT2D eigenvalue weighted by Gasteiger charge is 2.09. The largest absolute Gasteiger partial charge is 0.272 e. The molecule has 5 heteroatoms. The lowest BCUT2D eigenvalue weighted by molar-refractivity contribution is 1.02. The molecule has 0 bridgehead atoms. The van der Waals surface area contributed by atoms with Crippen LogP contribution in [0.3, 0.4) is 0 Å². The number of rotatable bonds is 1. The fourth-order valence-electron chi connectivity index (χ4n) is 1.97. The molecule has 0 aliphatic rings. The Kier molecular flexibility index (Phi) is 3.01. The lowest BCUT2D eigenvalue weighted by Crippen LogP contribution is -2.09. The fraction of sp³-hybridized carbons (Fsp3) is 0. The van der Waals surface area contributed by atoms with Crippen LogP contribution >= 0.6 is 23.2 Å². The molecule has 1 aromatic heterocycles. The highest BCUT2D eigenvalue weighted by atomic mass is 35.5. The topological polar surface area (TPSA) is 45.8 Å². The van der Waals surface area contributed by atoms with Crippen molar-refractivity contribution in [1.82, 2.24) is 10.2 Å².